The van der Waals surface area contributed by atoms with E-state index in [1.54, 1.807) is 31.4 Å². The molecule has 3 aromatic carbocycles. The van der Waals surface area contributed by atoms with Gasteiger partial charge < -0.3 is 19.3 Å². The number of rotatable bonds is 8. The molecule has 1 unspecified atom stereocenters. The minimum atomic E-state index is -0.207. The molecule has 0 aliphatic carbocycles. The molecular formula is C28H26BrClN4O4. The second-order valence-corrected chi connectivity index (χ2v) is 10.4. The molecule has 1 atom stereocenters. The first-order chi connectivity index (χ1) is 18.5. The van der Waals surface area contributed by atoms with Crippen molar-refractivity contribution in [2.75, 3.05) is 25.5 Å². The number of hydrogen-bond acceptors (Lipinski definition) is 7. The Kier molecular flexibility index (Phi) is 8.26. The van der Waals surface area contributed by atoms with Gasteiger partial charge in [0.25, 0.3) is 0 Å². The fraction of sp³-hybridized carbons (Fsp3) is 0.250. The molecule has 1 saturated heterocycles. The number of nitrogens with one attached hydrogen (secondary N) is 1. The monoisotopic (exact) mass is 596 g/mol. The standard InChI is InChI=1S/C28H26BrClN4O4/c1-36-22-5-2-6-23(15-22)37-25-12-11-21(30)14-24(25)31-28(35)19-4-3-13-34(16-19)17-26-32-27(33-38-26)18-7-9-20(29)10-8-18/h2,5-12,14-15,19H,3-4,13,16-17H2,1H3,(H,31,35). The summed E-state index contributed by atoms with van der Waals surface area (Å²) >= 11 is 9.68. The number of aromatic nitrogens is 2. The van der Waals surface area contributed by atoms with Crippen LogP contribution in [0.4, 0.5) is 5.69 Å². The topological polar surface area (TPSA) is 89.7 Å². The number of methoxy groups -OCH3 is 1. The van der Waals surface area contributed by atoms with Crippen molar-refractivity contribution in [1.29, 1.82) is 0 Å². The number of hydrogen-bond donors (Lipinski definition) is 1. The van der Waals surface area contributed by atoms with Gasteiger partial charge in [0, 0.05) is 27.7 Å². The Hall–Kier alpha value is -3.40. The molecule has 2 heterocycles. The fourth-order valence-corrected chi connectivity index (χ4v) is 4.79. The van der Waals surface area contributed by atoms with Gasteiger partial charge in [-0.25, -0.2) is 0 Å². The zero-order valence-corrected chi connectivity index (χ0v) is 23.0. The lowest BCUT2D eigenvalue weighted by Crippen LogP contribution is -2.40. The van der Waals surface area contributed by atoms with Gasteiger partial charge in [0.05, 0.1) is 25.3 Å². The molecule has 5 rings (SSSR count). The summed E-state index contributed by atoms with van der Waals surface area (Å²) in [4.78, 5) is 20.0. The maximum atomic E-state index is 13.3. The van der Waals surface area contributed by atoms with E-state index in [-0.39, 0.29) is 11.8 Å². The molecule has 1 aromatic heterocycles. The van der Waals surface area contributed by atoms with E-state index in [4.69, 9.17) is 25.6 Å². The summed E-state index contributed by atoms with van der Waals surface area (Å²) in [7, 11) is 1.60. The Morgan fingerprint density at radius 3 is 2.79 bits per heavy atom. The summed E-state index contributed by atoms with van der Waals surface area (Å²) < 4.78 is 17.8. The van der Waals surface area contributed by atoms with Crippen LogP contribution in [0, 0.1) is 5.92 Å². The van der Waals surface area contributed by atoms with E-state index in [2.05, 4.69) is 36.3 Å². The van der Waals surface area contributed by atoms with Crippen molar-refractivity contribution in [2.45, 2.75) is 19.4 Å². The highest BCUT2D eigenvalue weighted by molar-refractivity contribution is 9.10. The highest BCUT2D eigenvalue weighted by Crippen LogP contribution is 2.34. The van der Waals surface area contributed by atoms with Crippen molar-refractivity contribution in [3.05, 3.63) is 82.1 Å². The SMILES string of the molecule is COc1cccc(Oc2ccc(Cl)cc2NC(=O)C2CCCN(Cc3nc(-c4ccc(Br)cc4)no3)C2)c1. The average molecular weight is 598 g/mol. The third-order valence-electron chi connectivity index (χ3n) is 6.27. The molecule has 10 heteroatoms. The molecule has 4 aromatic rings. The van der Waals surface area contributed by atoms with Gasteiger partial charge in [-0.3, -0.25) is 9.69 Å². The van der Waals surface area contributed by atoms with E-state index in [0.29, 0.717) is 52.8 Å². The van der Waals surface area contributed by atoms with Gasteiger partial charge in [-0.15, -0.1) is 0 Å². The van der Waals surface area contributed by atoms with Gasteiger partial charge in [-0.2, -0.15) is 4.98 Å². The number of carbonyl (C=O) groups is 1. The van der Waals surface area contributed by atoms with E-state index < -0.39 is 0 Å². The Labute approximate surface area is 234 Å². The van der Waals surface area contributed by atoms with Crippen LogP contribution >= 0.6 is 27.5 Å². The zero-order chi connectivity index (χ0) is 26.5. The molecule has 1 amide bonds. The number of piperidine rings is 1. The van der Waals surface area contributed by atoms with Crippen LogP contribution in [0.5, 0.6) is 17.2 Å². The summed E-state index contributed by atoms with van der Waals surface area (Å²) in [5.74, 6) is 2.53. The molecule has 8 nitrogen and oxygen atoms in total. The Morgan fingerprint density at radius 1 is 1.16 bits per heavy atom. The van der Waals surface area contributed by atoms with Crippen molar-refractivity contribution in [3.8, 4) is 28.6 Å². The predicted molar refractivity (Wildman–Crippen MR) is 149 cm³/mol. The maximum Gasteiger partial charge on any atom is 0.241 e. The molecule has 0 saturated carbocycles. The fourth-order valence-electron chi connectivity index (χ4n) is 4.36. The molecule has 38 heavy (non-hydrogen) atoms. The lowest BCUT2D eigenvalue weighted by atomic mass is 9.97. The number of carbonyl (C=O) groups excluding carboxylic acids is 1. The van der Waals surface area contributed by atoms with Gasteiger partial charge >= 0.3 is 0 Å². The molecule has 0 radical (unpaired) electrons. The van der Waals surface area contributed by atoms with Crippen molar-refractivity contribution < 1.29 is 18.8 Å². The Balaban J connectivity index is 1.23. The number of halogens is 2. The first-order valence-corrected chi connectivity index (χ1v) is 13.4. The molecule has 1 aliphatic rings. The minimum absolute atomic E-state index is 0.0893. The molecule has 0 bridgehead atoms. The lowest BCUT2D eigenvalue weighted by Gasteiger charge is -2.31. The summed E-state index contributed by atoms with van der Waals surface area (Å²) in [5, 5.41) is 7.64. The van der Waals surface area contributed by atoms with Crippen molar-refractivity contribution in [3.63, 3.8) is 0 Å². The highest BCUT2D eigenvalue weighted by atomic mass is 79.9. The van der Waals surface area contributed by atoms with E-state index in [1.165, 1.54) is 0 Å². The summed E-state index contributed by atoms with van der Waals surface area (Å²) in [6.45, 7) is 1.91. The molecule has 1 N–H and O–H groups in total. The third kappa shape index (κ3) is 6.53. The molecular weight excluding hydrogens is 572 g/mol. The second-order valence-electron chi connectivity index (χ2n) is 9.00. The summed E-state index contributed by atoms with van der Waals surface area (Å²) in [5.41, 5.74) is 1.39. The van der Waals surface area contributed by atoms with Crippen LogP contribution in [0.15, 0.2) is 75.7 Å². The third-order valence-corrected chi connectivity index (χ3v) is 7.04. The summed E-state index contributed by atoms with van der Waals surface area (Å²) in [6, 6.07) is 20.2. The largest absolute Gasteiger partial charge is 0.497 e. The van der Waals surface area contributed by atoms with Crippen LogP contribution in [0.2, 0.25) is 5.02 Å². The van der Waals surface area contributed by atoms with Crippen molar-refractivity contribution in [1.82, 2.24) is 15.0 Å². The highest BCUT2D eigenvalue weighted by Gasteiger charge is 2.28. The first-order valence-electron chi connectivity index (χ1n) is 12.2. The number of amides is 1. The van der Waals surface area contributed by atoms with Crippen LogP contribution in [-0.4, -0.2) is 41.1 Å². The number of likely N-dealkylation sites (tertiary alicyclic amines) is 1. The minimum Gasteiger partial charge on any atom is -0.497 e. The lowest BCUT2D eigenvalue weighted by molar-refractivity contribution is -0.121. The molecule has 0 spiro atoms. The van der Waals surface area contributed by atoms with Crippen molar-refractivity contribution in [2.24, 2.45) is 5.92 Å². The van der Waals surface area contributed by atoms with Gasteiger partial charge in [-0.05, 0) is 74.0 Å². The number of ether oxygens (including phenoxy) is 2. The van der Waals surface area contributed by atoms with Crippen molar-refractivity contribution >= 4 is 39.1 Å². The van der Waals surface area contributed by atoms with E-state index >= 15 is 0 Å². The smallest absolute Gasteiger partial charge is 0.241 e. The zero-order valence-electron chi connectivity index (χ0n) is 20.7. The van der Waals surface area contributed by atoms with E-state index in [0.717, 1.165) is 29.4 Å². The summed E-state index contributed by atoms with van der Waals surface area (Å²) in [6.07, 6.45) is 1.66. The van der Waals surface area contributed by atoms with Crippen LogP contribution in [0.3, 0.4) is 0 Å². The number of anilines is 1. The van der Waals surface area contributed by atoms with Gasteiger partial charge in [0.15, 0.2) is 5.75 Å². The molecule has 1 aliphatic heterocycles. The van der Waals surface area contributed by atoms with Crippen LogP contribution in [0.1, 0.15) is 18.7 Å². The Bertz CT molecular complexity index is 1410. The number of nitrogens with zero attached hydrogens (tertiary/aromatic N) is 3. The van der Waals surface area contributed by atoms with Crippen LogP contribution < -0.4 is 14.8 Å². The number of benzene rings is 3. The second kappa shape index (κ2) is 12.0. The van der Waals surface area contributed by atoms with Gasteiger partial charge in [0.2, 0.25) is 17.6 Å². The predicted octanol–water partition coefficient (Wildman–Crippen LogP) is 6.80. The molecule has 196 valence electrons. The van der Waals surface area contributed by atoms with Gasteiger partial charge in [0.1, 0.15) is 11.5 Å². The van der Waals surface area contributed by atoms with Crippen LogP contribution in [0.25, 0.3) is 11.4 Å². The maximum absolute atomic E-state index is 13.3. The Morgan fingerprint density at radius 2 is 1.97 bits per heavy atom. The van der Waals surface area contributed by atoms with E-state index in [1.807, 2.05) is 42.5 Å². The first kappa shape index (κ1) is 26.2. The normalized spacial score (nSPS) is 15.7. The van der Waals surface area contributed by atoms with Crippen LogP contribution in [-0.2, 0) is 11.3 Å². The van der Waals surface area contributed by atoms with Gasteiger partial charge in [-0.1, -0.05) is 38.8 Å². The quantitative estimate of drug-likeness (QED) is 0.239. The molecule has 1 fully saturated rings. The average Bonchev–Trinajstić information content (AvgIpc) is 3.39. The van der Waals surface area contributed by atoms with E-state index in [9.17, 15) is 4.79 Å².